The normalized spacial score (nSPS) is 10.5. The summed E-state index contributed by atoms with van der Waals surface area (Å²) < 4.78 is 1.05. The van der Waals surface area contributed by atoms with Crippen molar-refractivity contribution in [1.29, 1.82) is 0 Å². The van der Waals surface area contributed by atoms with Gasteiger partial charge in [-0.1, -0.05) is 13.8 Å². The second-order valence-electron chi connectivity index (χ2n) is 3.07. The van der Waals surface area contributed by atoms with E-state index in [1.807, 2.05) is 12.3 Å². The third-order valence-electron chi connectivity index (χ3n) is 1.41. The summed E-state index contributed by atoms with van der Waals surface area (Å²) in [5.74, 6) is 0.684. The average Bonchev–Trinajstić information content (AvgIpc) is 1.93. The predicted octanol–water partition coefficient (Wildman–Crippen LogP) is 3.04. The molecule has 0 radical (unpaired) electrons. The number of hydrogen-bond acceptors (Lipinski definition) is 1. The molecule has 2 heteroatoms. The van der Waals surface area contributed by atoms with Crippen LogP contribution in [0.25, 0.3) is 0 Å². The molecule has 0 aliphatic carbocycles. The van der Waals surface area contributed by atoms with Crippen molar-refractivity contribution < 1.29 is 0 Å². The Kier molecular flexibility index (Phi) is 3.06. The van der Waals surface area contributed by atoms with Crippen LogP contribution in [0, 0.1) is 5.92 Å². The molecule has 1 aromatic rings. The highest BCUT2D eigenvalue weighted by atomic mass is 79.9. The minimum atomic E-state index is 0.684. The van der Waals surface area contributed by atoms with Gasteiger partial charge in [-0.25, -0.2) is 0 Å². The summed E-state index contributed by atoms with van der Waals surface area (Å²) in [4.78, 5) is 4.27. The lowest BCUT2D eigenvalue weighted by molar-refractivity contribution is 0.635. The Labute approximate surface area is 76.0 Å². The Hall–Kier alpha value is -0.370. The fourth-order valence-corrected chi connectivity index (χ4v) is 1.18. The largest absolute Gasteiger partial charge is 0.260 e. The van der Waals surface area contributed by atoms with Crippen molar-refractivity contribution in [2.75, 3.05) is 0 Å². The van der Waals surface area contributed by atoms with E-state index in [9.17, 15) is 0 Å². The number of hydrogen-bond donors (Lipinski definition) is 0. The molecule has 0 aliphatic heterocycles. The summed E-state index contributed by atoms with van der Waals surface area (Å²) in [7, 11) is 0. The smallest absolute Gasteiger partial charge is 0.0413 e. The van der Waals surface area contributed by atoms with Crippen LogP contribution >= 0.6 is 15.9 Å². The summed E-state index contributed by atoms with van der Waals surface area (Å²) >= 11 is 3.35. The standard InChI is InChI=1S/C9H12BrN/c1-7(2)5-9-4-3-8(10)6-11-9/h3-4,6-7H,5H2,1-2H3. The van der Waals surface area contributed by atoms with Gasteiger partial charge in [0.15, 0.2) is 0 Å². The molecule has 0 saturated carbocycles. The molecule has 0 spiro atoms. The van der Waals surface area contributed by atoms with E-state index in [-0.39, 0.29) is 0 Å². The van der Waals surface area contributed by atoms with Crippen molar-refractivity contribution >= 4 is 15.9 Å². The first-order valence-electron chi connectivity index (χ1n) is 3.79. The van der Waals surface area contributed by atoms with Crippen LogP contribution in [0.4, 0.5) is 0 Å². The van der Waals surface area contributed by atoms with E-state index >= 15 is 0 Å². The molecule has 1 aromatic heterocycles. The SMILES string of the molecule is CC(C)Cc1ccc(Br)cn1. The summed E-state index contributed by atoms with van der Waals surface area (Å²) in [5, 5.41) is 0. The van der Waals surface area contributed by atoms with Crippen molar-refractivity contribution in [3.63, 3.8) is 0 Å². The van der Waals surface area contributed by atoms with Crippen molar-refractivity contribution in [1.82, 2.24) is 4.98 Å². The topological polar surface area (TPSA) is 12.9 Å². The molecule has 1 heterocycles. The predicted molar refractivity (Wildman–Crippen MR) is 50.5 cm³/mol. The van der Waals surface area contributed by atoms with Crippen molar-refractivity contribution in [3.05, 3.63) is 28.5 Å². The highest BCUT2D eigenvalue weighted by Gasteiger charge is 1.97. The van der Waals surface area contributed by atoms with Crippen LogP contribution in [0.2, 0.25) is 0 Å². The molecule has 11 heavy (non-hydrogen) atoms. The van der Waals surface area contributed by atoms with Crippen LogP contribution in [0.1, 0.15) is 19.5 Å². The maximum Gasteiger partial charge on any atom is 0.0413 e. The van der Waals surface area contributed by atoms with E-state index < -0.39 is 0 Å². The highest BCUT2D eigenvalue weighted by Crippen LogP contribution is 2.10. The minimum absolute atomic E-state index is 0.684. The van der Waals surface area contributed by atoms with Crippen LogP contribution in [0.3, 0.4) is 0 Å². The molecular weight excluding hydrogens is 202 g/mol. The highest BCUT2D eigenvalue weighted by molar-refractivity contribution is 9.10. The van der Waals surface area contributed by atoms with Gasteiger partial charge in [0.2, 0.25) is 0 Å². The minimum Gasteiger partial charge on any atom is -0.260 e. The maximum atomic E-state index is 4.27. The van der Waals surface area contributed by atoms with E-state index in [0.717, 1.165) is 10.9 Å². The lowest BCUT2D eigenvalue weighted by Gasteiger charge is -2.02. The lowest BCUT2D eigenvalue weighted by atomic mass is 10.1. The molecule has 0 unspecified atom stereocenters. The van der Waals surface area contributed by atoms with E-state index in [2.05, 4.69) is 40.8 Å². The zero-order valence-electron chi connectivity index (χ0n) is 6.84. The van der Waals surface area contributed by atoms with E-state index in [1.54, 1.807) is 0 Å². The average molecular weight is 214 g/mol. The van der Waals surface area contributed by atoms with Gasteiger partial charge in [-0.15, -0.1) is 0 Å². The fraction of sp³-hybridized carbons (Fsp3) is 0.444. The van der Waals surface area contributed by atoms with Gasteiger partial charge < -0.3 is 0 Å². The van der Waals surface area contributed by atoms with Gasteiger partial charge in [-0.3, -0.25) is 4.98 Å². The molecular formula is C9H12BrN. The van der Waals surface area contributed by atoms with Gasteiger partial charge in [0.25, 0.3) is 0 Å². The Balaban J connectivity index is 2.66. The molecule has 0 atom stereocenters. The van der Waals surface area contributed by atoms with Crippen LogP contribution in [0.15, 0.2) is 22.8 Å². The Morgan fingerprint density at radius 1 is 1.45 bits per heavy atom. The molecule has 0 aromatic carbocycles. The number of nitrogens with zero attached hydrogens (tertiary/aromatic N) is 1. The molecule has 60 valence electrons. The molecule has 0 aliphatic rings. The first-order valence-corrected chi connectivity index (χ1v) is 4.58. The van der Waals surface area contributed by atoms with E-state index in [4.69, 9.17) is 0 Å². The van der Waals surface area contributed by atoms with E-state index in [0.29, 0.717) is 5.92 Å². The molecule has 0 bridgehead atoms. The molecule has 0 saturated heterocycles. The number of aromatic nitrogens is 1. The van der Waals surface area contributed by atoms with Gasteiger partial charge in [-0.05, 0) is 40.4 Å². The summed E-state index contributed by atoms with van der Waals surface area (Å²) in [6.07, 6.45) is 2.91. The summed E-state index contributed by atoms with van der Waals surface area (Å²) in [5.41, 5.74) is 1.17. The fourth-order valence-electron chi connectivity index (χ4n) is 0.945. The van der Waals surface area contributed by atoms with Gasteiger partial charge in [0.05, 0.1) is 0 Å². The molecule has 0 N–H and O–H groups in total. The van der Waals surface area contributed by atoms with Crippen molar-refractivity contribution in [3.8, 4) is 0 Å². The van der Waals surface area contributed by atoms with E-state index in [1.165, 1.54) is 5.69 Å². The zero-order chi connectivity index (χ0) is 8.27. The Morgan fingerprint density at radius 2 is 2.18 bits per heavy atom. The Bertz CT molecular complexity index is 216. The van der Waals surface area contributed by atoms with Crippen LogP contribution in [-0.4, -0.2) is 4.98 Å². The summed E-state index contributed by atoms with van der Waals surface area (Å²) in [6.45, 7) is 4.40. The second-order valence-corrected chi connectivity index (χ2v) is 3.98. The van der Waals surface area contributed by atoms with Crippen molar-refractivity contribution in [2.24, 2.45) is 5.92 Å². The number of rotatable bonds is 2. The van der Waals surface area contributed by atoms with Crippen LogP contribution < -0.4 is 0 Å². The zero-order valence-corrected chi connectivity index (χ0v) is 8.43. The van der Waals surface area contributed by atoms with Crippen LogP contribution in [-0.2, 0) is 6.42 Å². The first kappa shape index (κ1) is 8.72. The van der Waals surface area contributed by atoms with Gasteiger partial charge >= 0.3 is 0 Å². The lowest BCUT2D eigenvalue weighted by Crippen LogP contribution is -1.95. The summed E-state index contributed by atoms with van der Waals surface area (Å²) in [6, 6.07) is 4.09. The van der Waals surface area contributed by atoms with Gasteiger partial charge in [0.1, 0.15) is 0 Å². The van der Waals surface area contributed by atoms with Gasteiger partial charge in [0, 0.05) is 16.4 Å². The number of halogens is 1. The first-order chi connectivity index (χ1) is 5.18. The third-order valence-corrected chi connectivity index (χ3v) is 1.88. The molecule has 1 rings (SSSR count). The van der Waals surface area contributed by atoms with Crippen LogP contribution in [0.5, 0.6) is 0 Å². The Morgan fingerprint density at radius 3 is 2.64 bits per heavy atom. The molecule has 1 nitrogen and oxygen atoms in total. The quantitative estimate of drug-likeness (QED) is 0.737. The monoisotopic (exact) mass is 213 g/mol. The molecule has 0 fully saturated rings. The van der Waals surface area contributed by atoms with Crippen molar-refractivity contribution in [2.45, 2.75) is 20.3 Å². The van der Waals surface area contributed by atoms with Gasteiger partial charge in [-0.2, -0.15) is 0 Å². The maximum absolute atomic E-state index is 4.27. The number of pyridine rings is 1. The molecule has 0 amide bonds. The third kappa shape index (κ3) is 3.02. The second kappa shape index (κ2) is 3.86.